The maximum Gasteiger partial charge on any atom is 0.353 e. The summed E-state index contributed by atoms with van der Waals surface area (Å²) in [6.45, 7) is 15.0. The molecule has 3 aromatic carbocycles. The molecule has 0 unspecified atom stereocenters. The molecular formula is C32H36O3. The molecule has 0 N–H and O–H groups in total. The zero-order valence-corrected chi connectivity index (χ0v) is 21.9. The third-order valence-corrected chi connectivity index (χ3v) is 6.44. The van der Waals surface area contributed by atoms with Crippen LogP contribution in [0.2, 0.25) is 0 Å². The number of ether oxygens (including phenoxy) is 2. The lowest BCUT2D eigenvalue weighted by Gasteiger charge is -2.30. The normalized spacial score (nSPS) is 18.1. The second kappa shape index (κ2) is 9.37. The van der Waals surface area contributed by atoms with Crippen LogP contribution in [0.5, 0.6) is 5.75 Å². The van der Waals surface area contributed by atoms with Gasteiger partial charge in [-0.15, -0.1) is 0 Å². The molecule has 0 amide bonds. The van der Waals surface area contributed by atoms with Crippen molar-refractivity contribution in [1.29, 1.82) is 0 Å². The van der Waals surface area contributed by atoms with Gasteiger partial charge in [-0.25, -0.2) is 4.79 Å². The second-order valence-corrected chi connectivity index (χ2v) is 11.5. The first-order valence-corrected chi connectivity index (χ1v) is 12.3. The van der Waals surface area contributed by atoms with E-state index in [0.29, 0.717) is 11.5 Å². The fourth-order valence-electron chi connectivity index (χ4n) is 4.56. The highest BCUT2D eigenvalue weighted by atomic mass is 16.6. The molecule has 0 aromatic heterocycles. The zero-order valence-electron chi connectivity index (χ0n) is 21.9. The lowest BCUT2D eigenvalue weighted by Crippen LogP contribution is -2.32. The van der Waals surface area contributed by atoms with Crippen molar-refractivity contribution in [2.24, 2.45) is 0 Å². The fraction of sp³-hybridized carbons (Fsp3) is 0.344. The Hall–Kier alpha value is -3.33. The minimum Gasteiger partial charge on any atom is -0.477 e. The summed E-state index contributed by atoms with van der Waals surface area (Å²) < 4.78 is 12.6. The lowest BCUT2D eigenvalue weighted by molar-refractivity contribution is -0.143. The molecule has 3 nitrogen and oxygen atoms in total. The topological polar surface area (TPSA) is 35.5 Å². The molecule has 182 valence electrons. The summed E-state index contributed by atoms with van der Waals surface area (Å²) in [7, 11) is 0. The largest absolute Gasteiger partial charge is 0.477 e. The first kappa shape index (κ1) is 24.8. The van der Waals surface area contributed by atoms with Crippen molar-refractivity contribution >= 4 is 11.7 Å². The van der Waals surface area contributed by atoms with Crippen molar-refractivity contribution in [1.82, 2.24) is 0 Å². The van der Waals surface area contributed by atoms with Crippen LogP contribution in [0, 0.1) is 6.92 Å². The highest BCUT2D eigenvalue weighted by Crippen LogP contribution is 2.43. The number of benzene rings is 3. The Labute approximate surface area is 209 Å². The molecule has 0 saturated heterocycles. The van der Waals surface area contributed by atoms with Crippen LogP contribution in [0.3, 0.4) is 0 Å². The second-order valence-electron chi connectivity index (χ2n) is 11.5. The summed E-state index contributed by atoms with van der Waals surface area (Å²) in [4.78, 5) is 13.8. The van der Waals surface area contributed by atoms with Crippen molar-refractivity contribution in [3.8, 4) is 5.75 Å². The third-order valence-electron chi connectivity index (χ3n) is 6.44. The van der Waals surface area contributed by atoms with E-state index in [-0.39, 0.29) is 22.7 Å². The van der Waals surface area contributed by atoms with Gasteiger partial charge in [-0.3, -0.25) is 0 Å². The van der Waals surface area contributed by atoms with E-state index in [2.05, 4.69) is 60.6 Å². The molecule has 0 aliphatic carbocycles. The summed E-state index contributed by atoms with van der Waals surface area (Å²) in [5.74, 6) is 0.753. The first-order valence-electron chi connectivity index (χ1n) is 12.3. The zero-order chi connectivity index (χ0) is 25.4. The van der Waals surface area contributed by atoms with Gasteiger partial charge in [0, 0.05) is 16.7 Å². The van der Waals surface area contributed by atoms with E-state index in [1.807, 2.05) is 66.7 Å². The average molecular weight is 469 g/mol. The van der Waals surface area contributed by atoms with E-state index in [4.69, 9.17) is 9.47 Å². The van der Waals surface area contributed by atoms with E-state index in [1.54, 1.807) is 0 Å². The molecule has 0 saturated carbocycles. The number of hydrogen-bond acceptors (Lipinski definition) is 3. The van der Waals surface area contributed by atoms with E-state index in [1.165, 1.54) is 0 Å². The van der Waals surface area contributed by atoms with Crippen LogP contribution in [-0.2, 0) is 20.4 Å². The van der Waals surface area contributed by atoms with Crippen molar-refractivity contribution < 1.29 is 14.3 Å². The average Bonchev–Trinajstić information content (AvgIpc) is 3.25. The summed E-state index contributed by atoms with van der Waals surface area (Å²) in [5.41, 5.74) is 4.81. The standard InChI is InChI=1S/C32H36O3/c1-21-18-25(31(2,3)4)29(26(19-21)32(5,6)7)35-30(33)28-24(22-14-10-8-11-15-22)20-27(34-28)23-16-12-9-13-17-23/h8-20,24,28H,1-7H3/t24-,28+/m0/s1. The van der Waals surface area contributed by atoms with Gasteiger partial charge in [-0.05, 0) is 29.4 Å². The van der Waals surface area contributed by atoms with Crippen LogP contribution in [0.25, 0.3) is 5.76 Å². The fourth-order valence-corrected chi connectivity index (χ4v) is 4.56. The van der Waals surface area contributed by atoms with Gasteiger partial charge >= 0.3 is 5.97 Å². The van der Waals surface area contributed by atoms with Gasteiger partial charge in [-0.2, -0.15) is 0 Å². The maximum atomic E-state index is 13.8. The smallest absolute Gasteiger partial charge is 0.353 e. The number of hydrogen-bond donors (Lipinski definition) is 0. The predicted molar refractivity (Wildman–Crippen MR) is 143 cm³/mol. The molecule has 1 aliphatic rings. The number of esters is 1. The molecule has 3 heteroatoms. The van der Waals surface area contributed by atoms with Gasteiger partial charge in [0.2, 0.25) is 6.10 Å². The molecule has 1 aliphatic heterocycles. The highest BCUT2D eigenvalue weighted by molar-refractivity contribution is 5.83. The van der Waals surface area contributed by atoms with E-state index in [9.17, 15) is 4.79 Å². The van der Waals surface area contributed by atoms with Gasteiger partial charge in [0.15, 0.2) is 0 Å². The van der Waals surface area contributed by atoms with Crippen molar-refractivity contribution in [2.75, 3.05) is 0 Å². The number of aryl methyl sites for hydroxylation is 1. The van der Waals surface area contributed by atoms with Crippen LogP contribution in [0.15, 0.2) is 78.9 Å². The van der Waals surface area contributed by atoms with Gasteiger partial charge in [0.05, 0.1) is 5.92 Å². The van der Waals surface area contributed by atoms with Gasteiger partial charge in [0.1, 0.15) is 11.5 Å². The summed E-state index contributed by atoms with van der Waals surface area (Å²) in [5, 5.41) is 0. The quantitative estimate of drug-likeness (QED) is 0.290. The Bertz CT molecular complexity index is 1190. The van der Waals surface area contributed by atoms with Crippen LogP contribution in [0.1, 0.15) is 75.3 Å². The molecule has 0 radical (unpaired) electrons. The Morgan fingerprint density at radius 2 is 1.31 bits per heavy atom. The molecule has 1 heterocycles. The monoisotopic (exact) mass is 468 g/mol. The van der Waals surface area contributed by atoms with Crippen molar-refractivity contribution in [2.45, 2.75) is 71.3 Å². The Kier molecular flexibility index (Phi) is 6.64. The van der Waals surface area contributed by atoms with Crippen molar-refractivity contribution in [3.63, 3.8) is 0 Å². The van der Waals surface area contributed by atoms with E-state index < -0.39 is 6.10 Å². The summed E-state index contributed by atoms with van der Waals surface area (Å²) in [6.07, 6.45) is 1.27. The molecule has 2 atom stereocenters. The number of carbonyl (C=O) groups is 1. The Morgan fingerprint density at radius 3 is 1.83 bits per heavy atom. The maximum absolute atomic E-state index is 13.8. The van der Waals surface area contributed by atoms with Crippen LogP contribution < -0.4 is 4.74 Å². The summed E-state index contributed by atoms with van der Waals surface area (Å²) >= 11 is 0. The van der Waals surface area contributed by atoms with Crippen LogP contribution in [-0.4, -0.2) is 12.1 Å². The molecule has 0 fully saturated rings. The third kappa shape index (κ3) is 5.35. The van der Waals surface area contributed by atoms with Crippen LogP contribution in [0.4, 0.5) is 0 Å². The first-order chi connectivity index (χ1) is 16.4. The summed E-state index contributed by atoms with van der Waals surface area (Å²) in [6, 6.07) is 24.2. The Balaban J connectivity index is 1.75. The minimum atomic E-state index is -0.769. The highest BCUT2D eigenvalue weighted by Gasteiger charge is 2.39. The molecule has 0 bridgehead atoms. The Morgan fingerprint density at radius 1 is 0.800 bits per heavy atom. The molecule has 4 rings (SSSR count). The van der Waals surface area contributed by atoms with E-state index in [0.717, 1.165) is 27.8 Å². The van der Waals surface area contributed by atoms with Crippen molar-refractivity contribution in [3.05, 3.63) is 107 Å². The van der Waals surface area contributed by atoms with E-state index >= 15 is 0 Å². The minimum absolute atomic E-state index is 0.190. The predicted octanol–water partition coefficient (Wildman–Crippen LogP) is 7.72. The molecule has 35 heavy (non-hydrogen) atoms. The molecular weight excluding hydrogens is 432 g/mol. The van der Waals surface area contributed by atoms with Gasteiger partial charge in [0.25, 0.3) is 0 Å². The molecule has 0 spiro atoms. The SMILES string of the molecule is Cc1cc(C(C)(C)C)c(OC(=O)[C@@H]2OC(c3ccccc3)=C[C@H]2c2ccccc2)c(C(C)(C)C)c1. The number of rotatable bonds is 4. The van der Waals surface area contributed by atoms with Gasteiger partial charge in [-0.1, -0.05) is 120 Å². The lowest BCUT2D eigenvalue weighted by atomic mass is 9.78. The van der Waals surface area contributed by atoms with Crippen LogP contribution >= 0.6 is 0 Å². The molecule has 3 aromatic rings. The van der Waals surface area contributed by atoms with Gasteiger partial charge < -0.3 is 9.47 Å². The number of carbonyl (C=O) groups excluding carboxylic acids is 1.